The number of hydrogen-bond acceptors (Lipinski definition) is 3. The van der Waals surface area contributed by atoms with E-state index < -0.39 is 0 Å². The molecule has 1 unspecified atom stereocenters. The molecule has 5 nitrogen and oxygen atoms in total. The maximum atomic E-state index is 13.0. The van der Waals surface area contributed by atoms with Crippen molar-refractivity contribution in [2.24, 2.45) is 4.99 Å². The number of quaternary nitrogens is 1. The summed E-state index contributed by atoms with van der Waals surface area (Å²) in [5.41, 5.74) is 3.12. The van der Waals surface area contributed by atoms with Gasteiger partial charge in [-0.1, -0.05) is 30.3 Å². The summed E-state index contributed by atoms with van der Waals surface area (Å²) in [5, 5.41) is 0. The van der Waals surface area contributed by atoms with Crippen molar-refractivity contribution in [2.45, 2.75) is 33.2 Å². The van der Waals surface area contributed by atoms with E-state index in [1.165, 1.54) is 10.1 Å². The average Bonchev–Trinajstić information content (AvgIpc) is 3.18. The van der Waals surface area contributed by atoms with Crippen LogP contribution in [-0.4, -0.2) is 32.4 Å². The van der Waals surface area contributed by atoms with Crippen LogP contribution in [0, 0.1) is 0 Å². The molecule has 0 fully saturated rings. The number of hydrogen-bond donors (Lipinski definition) is 0. The van der Waals surface area contributed by atoms with Crippen LogP contribution in [0.2, 0.25) is 0 Å². The van der Waals surface area contributed by atoms with Gasteiger partial charge in [0.2, 0.25) is 6.34 Å². The molecule has 1 aliphatic rings. The van der Waals surface area contributed by atoms with Crippen LogP contribution in [0.15, 0.2) is 65.4 Å². The largest absolute Gasteiger partial charge is 0.439 e. The highest BCUT2D eigenvalue weighted by molar-refractivity contribution is 5.81. The zero-order valence-corrected chi connectivity index (χ0v) is 13.7. The molecule has 2 heterocycles. The van der Waals surface area contributed by atoms with Crippen molar-refractivity contribution < 1.29 is 9.28 Å². The van der Waals surface area contributed by atoms with Crippen LogP contribution in [-0.2, 0) is 6.42 Å². The van der Waals surface area contributed by atoms with Gasteiger partial charge < -0.3 is 0 Å². The zero-order chi connectivity index (χ0) is 16.4. The highest BCUT2D eigenvalue weighted by Gasteiger charge is 2.47. The number of imidazole rings is 1. The van der Waals surface area contributed by atoms with Crippen molar-refractivity contribution in [1.82, 2.24) is 9.55 Å². The minimum atomic E-state index is -0.0539. The van der Waals surface area contributed by atoms with Crippen LogP contribution < -0.4 is 0 Å². The third kappa shape index (κ3) is 2.53. The molecule has 1 aromatic heterocycles. The van der Waals surface area contributed by atoms with E-state index >= 15 is 0 Å². The van der Waals surface area contributed by atoms with Gasteiger partial charge in [0, 0.05) is 25.7 Å². The third-order valence-corrected chi connectivity index (χ3v) is 4.44. The number of carbonyl (C=O) groups is 1. The molecule has 0 spiro atoms. The first-order valence-electron chi connectivity index (χ1n) is 7.76. The molecule has 23 heavy (non-hydrogen) atoms. The molecule has 0 saturated carbocycles. The van der Waals surface area contributed by atoms with E-state index in [-0.39, 0.29) is 16.6 Å². The molecular formula is C18H21N4O+. The maximum Gasteiger partial charge on any atom is 0.439 e. The molecule has 1 atom stereocenters. The third-order valence-electron chi connectivity index (χ3n) is 4.44. The topological polar surface area (TPSA) is 47.2 Å². The molecule has 0 aliphatic carbocycles. The van der Waals surface area contributed by atoms with Gasteiger partial charge in [0.25, 0.3) is 0 Å². The van der Waals surface area contributed by atoms with Crippen LogP contribution in [0.25, 0.3) is 0 Å². The summed E-state index contributed by atoms with van der Waals surface area (Å²) in [4.78, 5) is 21.6. The molecule has 1 aliphatic heterocycles. The minimum Gasteiger partial charge on any atom is -0.245 e. The highest BCUT2D eigenvalue weighted by atomic mass is 16.2. The van der Waals surface area contributed by atoms with Gasteiger partial charge in [0.05, 0.1) is 0 Å². The predicted molar refractivity (Wildman–Crippen MR) is 89.8 cm³/mol. The first kappa shape index (κ1) is 15.4. The second-order valence-corrected chi connectivity index (χ2v) is 6.06. The molecule has 0 saturated heterocycles. The number of allylic oxidation sites excluding steroid dienone is 2. The van der Waals surface area contributed by atoms with Gasteiger partial charge in [0.15, 0.2) is 0 Å². The van der Waals surface area contributed by atoms with Gasteiger partial charge in [-0.05, 0) is 19.4 Å². The lowest BCUT2D eigenvalue weighted by molar-refractivity contribution is -0.732. The molecule has 1 amide bonds. The fourth-order valence-electron chi connectivity index (χ4n) is 3.01. The van der Waals surface area contributed by atoms with Gasteiger partial charge >= 0.3 is 6.03 Å². The summed E-state index contributed by atoms with van der Waals surface area (Å²) >= 11 is 0. The van der Waals surface area contributed by atoms with E-state index in [0.29, 0.717) is 0 Å². The van der Waals surface area contributed by atoms with E-state index in [2.05, 4.69) is 22.1 Å². The van der Waals surface area contributed by atoms with E-state index in [0.717, 1.165) is 17.8 Å². The summed E-state index contributed by atoms with van der Waals surface area (Å²) in [6.07, 6.45) is 7.33. The lowest BCUT2D eigenvalue weighted by Gasteiger charge is -2.32. The van der Waals surface area contributed by atoms with Crippen LogP contribution in [0.5, 0.6) is 0 Å². The number of aromatic nitrogens is 2. The summed E-state index contributed by atoms with van der Waals surface area (Å²) in [6, 6.07) is 10.2. The Balaban J connectivity index is 1.99. The number of carbonyl (C=O) groups excluding carboxylic acids is 1. The molecule has 0 radical (unpaired) electrons. The van der Waals surface area contributed by atoms with Crippen LogP contribution in [0.1, 0.15) is 26.3 Å². The van der Waals surface area contributed by atoms with Crippen molar-refractivity contribution in [3.8, 4) is 0 Å². The summed E-state index contributed by atoms with van der Waals surface area (Å²) in [6.45, 7) is 6.08. The molecule has 5 heteroatoms. The summed E-state index contributed by atoms with van der Waals surface area (Å²) < 4.78 is 1.64. The normalized spacial score (nSPS) is 20.5. The Labute approximate surface area is 136 Å². The van der Waals surface area contributed by atoms with Crippen LogP contribution in [0.3, 0.4) is 0 Å². The molecule has 1 aromatic carbocycles. The first-order valence-corrected chi connectivity index (χ1v) is 7.76. The Bertz CT molecular complexity index is 760. The van der Waals surface area contributed by atoms with Crippen molar-refractivity contribution >= 4 is 12.4 Å². The standard InChI is InChI=1S/C18H21N4O/c1-14(2)22(18(23)21-10-9-19-12-21)13-20-17(15(22)3)11-16-7-5-4-6-8-16/h4-10,12-14H,11H2,1-3H3/q+1. The fourth-order valence-corrected chi connectivity index (χ4v) is 3.01. The quantitative estimate of drug-likeness (QED) is 0.813. The van der Waals surface area contributed by atoms with Gasteiger partial charge in [0.1, 0.15) is 23.8 Å². The molecule has 3 rings (SSSR count). The minimum absolute atomic E-state index is 0.0539. The van der Waals surface area contributed by atoms with Crippen molar-refractivity contribution in [3.05, 3.63) is 66.0 Å². The number of aliphatic imine (C=N–C) groups is 1. The molecule has 118 valence electrons. The molecular weight excluding hydrogens is 288 g/mol. The molecule has 2 aromatic rings. The molecule has 0 bridgehead atoms. The molecule has 0 N–H and O–H groups in total. The Morgan fingerprint density at radius 2 is 2.00 bits per heavy atom. The highest BCUT2D eigenvalue weighted by Crippen LogP contribution is 2.32. The van der Waals surface area contributed by atoms with Crippen LogP contribution in [0.4, 0.5) is 4.79 Å². The Hall–Kier alpha value is -2.53. The van der Waals surface area contributed by atoms with E-state index in [4.69, 9.17) is 0 Å². The van der Waals surface area contributed by atoms with Gasteiger partial charge in [-0.2, -0.15) is 4.48 Å². The number of benzene rings is 1. The van der Waals surface area contributed by atoms with Crippen molar-refractivity contribution in [2.75, 3.05) is 0 Å². The maximum absolute atomic E-state index is 13.0. The fraction of sp³-hybridized carbons (Fsp3) is 0.278. The average molecular weight is 309 g/mol. The van der Waals surface area contributed by atoms with Gasteiger partial charge in [-0.3, -0.25) is 0 Å². The lowest BCUT2D eigenvalue weighted by Crippen LogP contribution is -2.55. The number of rotatable bonds is 3. The van der Waals surface area contributed by atoms with E-state index in [1.54, 1.807) is 25.1 Å². The van der Waals surface area contributed by atoms with Crippen molar-refractivity contribution in [3.63, 3.8) is 0 Å². The summed E-state index contributed by atoms with van der Waals surface area (Å²) in [7, 11) is 0. The SMILES string of the molecule is CC1=C(Cc2ccccc2)N=C[N+]1(C(=O)n1ccnc1)C(C)C. The Morgan fingerprint density at radius 1 is 1.26 bits per heavy atom. The van der Waals surface area contributed by atoms with Gasteiger partial charge in [-0.25, -0.2) is 19.3 Å². The van der Waals surface area contributed by atoms with E-state index in [1.807, 2.05) is 39.0 Å². The van der Waals surface area contributed by atoms with Crippen LogP contribution >= 0.6 is 0 Å². The van der Waals surface area contributed by atoms with Gasteiger partial charge in [-0.15, -0.1) is 0 Å². The lowest BCUT2D eigenvalue weighted by atomic mass is 10.1. The number of amides is 1. The Morgan fingerprint density at radius 3 is 2.61 bits per heavy atom. The Kier molecular flexibility index (Phi) is 3.96. The van der Waals surface area contributed by atoms with E-state index in [9.17, 15) is 4.79 Å². The summed E-state index contributed by atoms with van der Waals surface area (Å²) in [5.74, 6) is 0. The monoisotopic (exact) mass is 309 g/mol. The first-order chi connectivity index (χ1) is 11.1. The second kappa shape index (κ2) is 5.93. The number of nitrogens with zero attached hydrogens (tertiary/aromatic N) is 4. The zero-order valence-electron chi connectivity index (χ0n) is 13.7. The predicted octanol–water partition coefficient (Wildman–Crippen LogP) is 3.59. The van der Waals surface area contributed by atoms with Crippen molar-refractivity contribution in [1.29, 1.82) is 0 Å². The second-order valence-electron chi connectivity index (χ2n) is 6.06. The smallest absolute Gasteiger partial charge is 0.245 e.